The van der Waals surface area contributed by atoms with Gasteiger partial charge in [-0.15, -0.1) is 16.4 Å². The molecule has 0 N–H and O–H groups in total. The average Bonchev–Trinajstić information content (AvgIpc) is 3.17. The summed E-state index contributed by atoms with van der Waals surface area (Å²) >= 11 is 3.56. The van der Waals surface area contributed by atoms with Crippen LogP contribution >= 0.6 is 23.1 Å². The number of aliphatic imine (C=N–C) groups is 1. The van der Waals surface area contributed by atoms with Gasteiger partial charge < -0.3 is 14.5 Å². The van der Waals surface area contributed by atoms with E-state index >= 15 is 0 Å². The van der Waals surface area contributed by atoms with Gasteiger partial charge in [-0.1, -0.05) is 37.8 Å². The fraction of sp³-hybridized carbons (Fsp3) is 0.556. The highest BCUT2D eigenvalue weighted by Gasteiger charge is 2.13. The number of thiazole rings is 1. The third-order valence-electron chi connectivity index (χ3n) is 5.46. The molecule has 0 aromatic carbocycles. The zero-order chi connectivity index (χ0) is 26.2. The number of thioether (sulfide) groups is 1. The Morgan fingerprint density at radius 2 is 2.00 bits per heavy atom. The predicted octanol–water partition coefficient (Wildman–Crippen LogP) is 6.07. The van der Waals surface area contributed by atoms with Crippen LogP contribution < -0.4 is 0 Å². The molecule has 1 unspecified atom stereocenters. The molecule has 0 saturated heterocycles. The summed E-state index contributed by atoms with van der Waals surface area (Å²) in [6.07, 6.45) is 18.4. The minimum absolute atomic E-state index is 0.466. The SMILES string of the molecule is CCCN(CCCS/C(=N/N=C/C=C(\C)N=COC)N(C)C)CCC1C=Cc2nc(CC)sc2C=C1. The number of rotatable bonds is 14. The van der Waals surface area contributed by atoms with Gasteiger partial charge in [-0.05, 0) is 76.4 Å². The van der Waals surface area contributed by atoms with Gasteiger partial charge in [0.05, 0.1) is 28.9 Å². The normalized spacial score (nSPS) is 16.4. The van der Waals surface area contributed by atoms with Crippen molar-refractivity contribution >= 4 is 53.0 Å². The van der Waals surface area contributed by atoms with Crippen LogP contribution in [0.25, 0.3) is 12.2 Å². The van der Waals surface area contributed by atoms with E-state index in [4.69, 9.17) is 9.72 Å². The Labute approximate surface area is 225 Å². The number of ether oxygens (including phenoxy) is 1. The Bertz CT molecular complexity index is 930. The first-order valence-electron chi connectivity index (χ1n) is 12.7. The monoisotopic (exact) mass is 530 g/mol. The fourth-order valence-electron chi connectivity index (χ4n) is 3.55. The van der Waals surface area contributed by atoms with Gasteiger partial charge in [0.2, 0.25) is 0 Å². The molecule has 0 amide bonds. The molecule has 1 aromatic rings. The summed E-state index contributed by atoms with van der Waals surface area (Å²) in [4.78, 5) is 14.7. The molecule has 1 aliphatic rings. The summed E-state index contributed by atoms with van der Waals surface area (Å²) in [6, 6.07) is 0. The average molecular weight is 531 g/mol. The van der Waals surface area contributed by atoms with Crippen LogP contribution in [-0.4, -0.2) is 79.2 Å². The largest absolute Gasteiger partial charge is 0.486 e. The minimum Gasteiger partial charge on any atom is -0.486 e. The van der Waals surface area contributed by atoms with Gasteiger partial charge in [-0.2, -0.15) is 5.10 Å². The molecule has 1 aliphatic carbocycles. The quantitative estimate of drug-likeness (QED) is 0.126. The molecule has 9 heteroatoms. The third-order valence-corrected chi connectivity index (χ3v) is 7.84. The lowest BCUT2D eigenvalue weighted by molar-refractivity contribution is 0.266. The number of allylic oxidation sites excluding steroid dienone is 4. The van der Waals surface area contributed by atoms with Crippen LogP contribution in [-0.2, 0) is 11.2 Å². The first-order valence-corrected chi connectivity index (χ1v) is 14.5. The van der Waals surface area contributed by atoms with E-state index in [1.54, 1.807) is 31.2 Å². The summed E-state index contributed by atoms with van der Waals surface area (Å²) in [6.45, 7) is 9.65. The number of methoxy groups -OCH3 is 1. The molecule has 1 aromatic heterocycles. The van der Waals surface area contributed by atoms with Gasteiger partial charge in [0, 0.05) is 25.5 Å². The van der Waals surface area contributed by atoms with Crippen LogP contribution in [0.3, 0.4) is 0 Å². The van der Waals surface area contributed by atoms with Crippen molar-refractivity contribution in [1.29, 1.82) is 0 Å². The lowest BCUT2D eigenvalue weighted by Crippen LogP contribution is -2.28. The van der Waals surface area contributed by atoms with Crippen LogP contribution in [0.15, 0.2) is 39.1 Å². The second kappa shape index (κ2) is 17.3. The Kier molecular flexibility index (Phi) is 14.4. The fourth-order valence-corrected chi connectivity index (χ4v) is 5.28. The van der Waals surface area contributed by atoms with E-state index in [1.165, 1.54) is 22.7 Å². The van der Waals surface area contributed by atoms with Crippen LogP contribution in [0.2, 0.25) is 0 Å². The lowest BCUT2D eigenvalue weighted by Gasteiger charge is -2.23. The molecular weight excluding hydrogens is 488 g/mol. The summed E-state index contributed by atoms with van der Waals surface area (Å²) in [5.41, 5.74) is 1.94. The number of hydrogen-bond acceptors (Lipinski definition) is 8. The van der Waals surface area contributed by atoms with Gasteiger partial charge >= 0.3 is 0 Å². The van der Waals surface area contributed by atoms with Crippen molar-refractivity contribution in [3.8, 4) is 0 Å². The maximum absolute atomic E-state index is 4.82. The van der Waals surface area contributed by atoms with Crippen molar-refractivity contribution in [2.45, 2.75) is 46.5 Å². The smallest absolute Gasteiger partial charge is 0.185 e. The van der Waals surface area contributed by atoms with Crippen molar-refractivity contribution < 1.29 is 4.74 Å². The maximum atomic E-state index is 4.82. The molecule has 0 spiro atoms. The molecule has 0 bridgehead atoms. The summed E-state index contributed by atoms with van der Waals surface area (Å²) in [5.74, 6) is 1.47. The molecule has 1 atom stereocenters. The Morgan fingerprint density at radius 1 is 1.19 bits per heavy atom. The number of aromatic nitrogens is 1. The van der Waals surface area contributed by atoms with Crippen molar-refractivity contribution in [3.63, 3.8) is 0 Å². The lowest BCUT2D eigenvalue weighted by atomic mass is 10.0. The van der Waals surface area contributed by atoms with Gasteiger partial charge in [-0.3, -0.25) is 0 Å². The van der Waals surface area contributed by atoms with Gasteiger partial charge in [0.15, 0.2) is 11.6 Å². The van der Waals surface area contributed by atoms with E-state index in [0.717, 1.165) is 61.2 Å². The molecule has 0 aliphatic heterocycles. The van der Waals surface area contributed by atoms with E-state index in [1.807, 2.05) is 37.3 Å². The minimum atomic E-state index is 0.466. The number of amidine groups is 1. The van der Waals surface area contributed by atoms with E-state index in [9.17, 15) is 0 Å². The van der Waals surface area contributed by atoms with E-state index in [0.29, 0.717) is 5.92 Å². The highest BCUT2D eigenvalue weighted by molar-refractivity contribution is 8.13. The topological polar surface area (TPSA) is 65.7 Å². The second-order valence-electron chi connectivity index (χ2n) is 8.74. The number of aryl methyl sites for hydroxylation is 1. The summed E-state index contributed by atoms with van der Waals surface area (Å²) in [7, 11) is 5.57. The molecule has 36 heavy (non-hydrogen) atoms. The zero-order valence-corrected chi connectivity index (χ0v) is 24.3. The first kappa shape index (κ1) is 30.0. The number of nitrogens with zero attached hydrogens (tertiary/aromatic N) is 6. The van der Waals surface area contributed by atoms with Crippen molar-refractivity contribution in [3.05, 3.63) is 39.5 Å². The van der Waals surface area contributed by atoms with Gasteiger partial charge in [0.1, 0.15) is 0 Å². The summed E-state index contributed by atoms with van der Waals surface area (Å²) in [5, 5.41) is 10.7. The molecule has 7 nitrogen and oxygen atoms in total. The molecule has 198 valence electrons. The summed E-state index contributed by atoms with van der Waals surface area (Å²) < 4.78 is 4.82. The second-order valence-corrected chi connectivity index (χ2v) is 10.9. The molecule has 0 saturated carbocycles. The Morgan fingerprint density at radius 3 is 2.72 bits per heavy atom. The van der Waals surface area contributed by atoms with Crippen molar-refractivity contribution in [1.82, 2.24) is 14.8 Å². The molecule has 1 heterocycles. The molecular formula is C27H42N6OS2. The zero-order valence-electron chi connectivity index (χ0n) is 22.7. The standard InChI is InChI=1S/C27H42N6OS2/c1-7-17-33(19-15-23-10-12-24-25(13-11-23)36-26(8-2)30-24)18-9-20-35-27(32(4)5)31-29-16-14-22(3)28-21-34-6/h10-14,16,21,23H,7-9,15,17-20H2,1-6H3/b22-14+,28-21?,29-16+,31-27+. The first-order chi connectivity index (χ1) is 17.5. The van der Waals surface area contributed by atoms with Crippen LogP contribution in [0.1, 0.15) is 55.6 Å². The number of hydrogen-bond donors (Lipinski definition) is 0. The highest BCUT2D eigenvalue weighted by Crippen LogP contribution is 2.27. The van der Waals surface area contributed by atoms with Gasteiger partial charge in [0.25, 0.3) is 0 Å². The maximum Gasteiger partial charge on any atom is 0.185 e. The van der Waals surface area contributed by atoms with Gasteiger partial charge in [-0.25, -0.2) is 9.98 Å². The highest BCUT2D eigenvalue weighted by atomic mass is 32.2. The Balaban J connectivity index is 1.79. The van der Waals surface area contributed by atoms with Crippen molar-refractivity contribution in [2.24, 2.45) is 21.1 Å². The van der Waals surface area contributed by atoms with Crippen LogP contribution in [0.4, 0.5) is 0 Å². The van der Waals surface area contributed by atoms with E-state index < -0.39 is 0 Å². The molecule has 2 rings (SSSR count). The Hall–Kier alpha value is -2.23. The van der Waals surface area contributed by atoms with E-state index in [-0.39, 0.29) is 0 Å². The molecule has 0 radical (unpaired) electrons. The van der Waals surface area contributed by atoms with Crippen LogP contribution in [0, 0.1) is 5.92 Å². The van der Waals surface area contributed by atoms with Crippen LogP contribution in [0.5, 0.6) is 0 Å². The number of fused-ring (bicyclic) bond motifs is 1. The third kappa shape index (κ3) is 11.2. The predicted molar refractivity (Wildman–Crippen MR) is 160 cm³/mol. The molecule has 0 fully saturated rings. The van der Waals surface area contributed by atoms with Crippen molar-refractivity contribution in [2.75, 3.05) is 46.6 Å². The van der Waals surface area contributed by atoms with E-state index in [2.05, 4.69) is 58.2 Å².